The summed E-state index contributed by atoms with van der Waals surface area (Å²) in [5.41, 5.74) is 1.20. The maximum absolute atomic E-state index is 12.1. The molecule has 0 bridgehead atoms. The first-order valence-electron chi connectivity index (χ1n) is 6.50. The Hall–Kier alpha value is -1.91. The van der Waals surface area contributed by atoms with E-state index in [4.69, 9.17) is 32.7 Å². The van der Waals surface area contributed by atoms with Crippen molar-refractivity contribution >= 4 is 34.8 Å². The van der Waals surface area contributed by atoms with Crippen molar-refractivity contribution in [2.24, 2.45) is 0 Å². The van der Waals surface area contributed by atoms with Gasteiger partial charge in [0.15, 0.2) is 11.5 Å². The lowest BCUT2D eigenvalue weighted by Crippen LogP contribution is -2.15. The van der Waals surface area contributed by atoms with Crippen LogP contribution in [-0.4, -0.2) is 20.1 Å². The highest BCUT2D eigenvalue weighted by Gasteiger charge is 2.13. The number of hydrogen-bond acceptors (Lipinski definition) is 3. The van der Waals surface area contributed by atoms with Gasteiger partial charge in [0.05, 0.1) is 31.4 Å². The Morgan fingerprint density at radius 1 is 1.05 bits per heavy atom. The molecule has 0 radical (unpaired) electrons. The van der Waals surface area contributed by atoms with E-state index in [1.165, 1.54) is 14.2 Å². The summed E-state index contributed by atoms with van der Waals surface area (Å²) in [6, 6.07) is 10.4. The molecule has 2 aromatic rings. The molecule has 116 valence electrons. The Kier molecular flexibility index (Phi) is 5.52. The zero-order chi connectivity index (χ0) is 16.1. The van der Waals surface area contributed by atoms with Gasteiger partial charge in [-0.05, 0) is 11.6 Å². The summed E-state index contributed by atoms with van der Waals surface area (Å²) in [6.45, 7) is 0. The summed E-state index contributed by atoms with van der Waals surface area (Å²) >= 11 is 12.2. The van der Waals surface area contributed by atoms with Crippen molar-refractivity contribution in [3.63, 3.8) is 0 Å². The smallest absolute Gasteiger partial charge is 0.228 e. The lowest BCUT2D eigenvalue weighted by Gasteiger charge is -2.13. The number of anilines is 1. The molecule has 4 nitrogen and oxygen atoms in total. The van der Waals surface area contributed by atoms with E-state index < -0.39 is 0 Å². The van der Waals surface area contributed by atoms with Crippen LogP contribution in [0.4, 0.5) is 5.69 Å². The van der Waals surface area contributed by atoms with E-state index in [1.807, 2.05) is 12.1 Å². The van der Waals surface area contributed by atoms with Crippen molar-refractivity contribution in [2.45, 2.75) is 6.42 Å². The SMILES string of the molecule is COc1cc(Cl)c(NC(=O)Cc2ccccc2Cl)cc1OC. The first kappa shape index (κ1) is 16.5. The molecule has 0 heterocycles. The van der Waals surface area contributed by atoms with Gasteiger partial charge in [0, 0.05) is 17.2 Å². The molecule has 22 heavy (non-hydrogen) atoms. The molecule has 0 saturated heterocycles. The molecule has 0 aliphatic rings. The standard InChI is InChI=1S/C16H15Cl2NO3/c1-21-14-8-12(18)13(9-15(14)22-2)19-16(20)7-10-5-3-4-6-11(10)17/h3-6,8-9H,7H2,1-2H3,(H,19,20). The fraction of sp³-hybridized carbons (Fsp3) is 0.188. The molecule has 1 amide bonds. The van der Waals surface area contributed by atoms with Crippen molar-refractivity contribution in [1.82, 2.24) is 0 Å². The Morgan fingerprint density at radius 2 is 1.68 bits per heavy atom. The zero-order valence-corrected chi connectivity index (χ0v) is 13.7. The fourth-order valence-electron chi connectivity index (χ4n) is 1.96. The number of carbonyl (C=O) groups is 1. The van der Waals surface area contributed by atoms with Crippen LogP contribution in [0.1, 0.15) is 5.56 Å². The van der Waals surface area contributed by atoms with Crippen molar-refractivity contribution in [3.05, 3.63) is 52.0 Å². The molecule has 0 fully saturated rings. The molecule has 1 N–H and O–H groups in total. The quantitative estimate of drug-likeness (QED) is 0.888. The summed E-state index contributed by atoms with van der Waals surface area (Å²) in [5, 5.41) is 3.66. The third kappa shape index (κ3) is 3.84. The number of halogens is 2. The predicted octanol–water partition coefficient (Wildman–Crippen LogP) is 4.19. The van der Waals surface area contributed by atoms with Gasteiger partial charge in [-0.3, -0.25) is 4.79 Å². The van der Waals surface area contributed by atoms with Crippen molar-refractivity contribution in [3.8, 4) is 11.5 Å². The molecule has 0 aromatic heterocycles. The molecular formula is C16H15Cl2NO3. The number of ether oxygens (including phenoxy) is 2. The van der Waals surface area contributed by atoms with Crippen molar-refractivity contribution in [2.75, 3.05) is 19.5 Å². The minimum atomic E-state index is -0.220. The number of carbonyl (C=O) groups excluding carboxylic acids is 1. The lowest BCUT2D eigenvalue weighted by molar-refractivity contribution is -0.115. The zero-order valence-electron chi connectivity index (χ0n) is 12.2. The van der Waals surface area contributed by atoms with Gasteiger partial charge < -0.3 is 14.8 Å². The monoisotopic (exact) mass is 339 g/mol. The molecule has 0 aliphatic carbocycles. The van der Waals surface area contributed by atoms with Crippen LogP contribution in [0.3, 0.4) is 0 Å². The average molecular weight is 340 g/mol. The Balaban J connectivity index is 2.16. The summed E-state index contributed by atoms with van der Waals surface area (Å²) in [6.07, 6.45) is 0.157. The molecule has 2 rings (SSSR count). The third-order valence-corrected chi connectivity index (χ3v) is 3.74. The summed E-state index contributed by atoms with van der Waals surface area (Å²) in [7, 11) is 3.03. The van der Waals surface area contributed by atoms with E-state index in [9.17, 15) is 4.79 Å². The third-order valence-electron chi connectivity index (χ3n) is 3.06. The van der Waals surface area contributed by atoms with Gasteiger partial charge in [-0.2, -0.15) is 0 Å². The maximum Gasteiger partial charge on any atom is 0.228 e. The first-order chi connectivity index (χ1) is 10.5. The van der Waals surface area contributed by atoms with E-state index in [0.717, 1.165) is 5.56 Å². The van der Waals surface area contributed by atoms with E-state index in [2.05, 4.69) is 5.32 Å². The van der Waals surface area contributed by atoms with Gasteiger partial charge in [-0.15, -0.1) is 0 Å². The van der Waals surface area contributed by atoms with Crippen LogP contribution >= 0.6 is 23.2 Å². The van der Waals surface area contributed by atoms with Crippen LogP contribution < -0.4 is 14.8 Å². The van der Waals surface area contributed by atoms with Crippen LogP contribution in [0.15, 0.2) is 36.4 Å². The second-order valence-electron chi connectivity index (χ2n) is 4.50. The second-order valence-corrected chi connectivity index (χ2v) is 5.32. The van der Waals surface area contributed by atoms with Crippen LogP contribution in [-0.2, 0) is 11.2 Å². The van der Waals surface area contributed by atoms with E-state index in [-0.39, 0.29) is 12.3 Å². The highest BCUT2D eigenvalue weighted by Crippen LogP contribution is 2.36. The molecule has 0 aliphatic heterocycles. The van der Waals surface area contributed by atoms with Crippen LogP contribution in [0.5, 0.6) is 11.5 Å². The molecule has 0 spiro atoms. The first-order valence-corrected chi connectivity index (χ1v) is 7.25. The number of nitrogens with one attached hydrogen (secondary N) is 1. The van der Waals surface area contributed by atoms with E-state index in [0.29, 0.717) is 27.2 Å². The predicted molar refractivity (Wildman–Crippen MR) is 88.3 cm³/mol. The number of amides is 1. The van der Waals surface area contributed by atoms with Crippen molar-refractivity contribution in [1.29, 1.82) is 0 Å². The molecule has 0 atom stereocenters. The largest absolute Gasteiger partial charge is 0.493 e. The van der Waals surface area contributed by atoms with Crippen LogP contribution in [0.2, 0.25) is 10.0 Å². The Morgan fingerprint density at radius 3 is 2.32 bits per heavy atom. The number of rotatable bonds is 5. The molecule has 0 unspecified atom stereocenters. The molecular weight excluding hydrogens is 325 g/mol. The van der Waals surface area contributed by atoms with E-state index >= 15 is 0 Å². The molecule has 6 heteroatoms. The van der Waals surface area contributed by atoms with Crippen molar-refractivity contribution < 1.29 is 14.3 Å². The average Bonchev–Trinajstić information content (AvgIpc) is 2.51. The van der Waals surface area contributed by atoms with E-state index in [1.54, 1.807) is 24.3 Å². The van der Waals surface area contributed by atoms with Gasteiger partial charge in [-0.25, -0.2) is 0 Å². The van der Waals surface area contributed by atoms with Gasteiger partial charge >= 0.3 is 0 Å². The maximum atomic E-state index is 12.1. The van der Waals surface area contributed by atoms with Crippen LogP contribution in [0.25, 0.3) is 0 Å². The lowest BCUT2D eigenvalue weighted by atomic mass is 10.1. The van der Waals surface area contributed by atoms with Gasteiger partial charge in [0.2, 0.25) is 5.91 Å². The Bertz CT molecular complexity index is 689. The molecule has 0 saturated carbocycles. The highest BCUT2D eigenvalue weighted by molar-refractivity contribution is 6.34. The summed E-state index contributed by atoms with van der Waals surface area (Å²) < 4.78 is 10.3. The van der Waals surface area contributed by atoms with Crippen LogP contribution in [0, 0.1) is 0 Å². The topological polar surface area (TPSA) is 47.6 Å². The van der Waals surface area contributed by atoms with Gasteiger partial charge in [0.1, 0.15) is 0 Å². The number of hydrogen-bond donors (Lipinski definition) is 1. The summed E-state index contributed by atoms with van der Waals surface area (Å²) in [5.74, 6) is 0.763. The normalized spacial score (nSPS) is 10.2. The van der Waals surface area contributed by atoms with Gasteiger partial charge in [-0.1, -0.05) is 41.4 Å². The van der Waals surface area contributed by atoms with Gasteiger partial charge in [0.25, 0.3) is 0 Å². The number of benzene rings is 2. The second kappa shape index (κ2) is 7.38. The summed E-state index contributed by atoms with van der Waals surface area (Å²) in [4.78, 5) is 12.1. The molecule has 2 aromatic carbocycles. The highest BCUT2D eigenvalue weighted by atomic mass is 35.5. The Labute approximate surface area is 138 Å². The number of methoxy groups -OCH3 is 2. The fourth-order valence-corrected chi connectivity index (χ4v) is 2.36. The minimum absolute atomic E-state index is 0.157. The minimum Gasteiger partial charge on any atom is -0.493 e.